The molecule has 29 heavy (non-hydrogen) atoms. The van der Waals surface area contributed by atoms with Crippen molar-refractivity contribution in [3.8, 4) is 0 Å². The number of aliphatic carboxylic acids is 6. The van der Waals surface area contributed by atoms with Crippen molar-refractivity contribution >= 4 is 35.8 Å². The third kappa shape index (κ3) is 30.5. The summed E-state index contributed by atoms with van der Waals surface area (Å²) in [6.07, 6.45) is 0. The molecule has 0 atom stereocenters. The van der Waals surface area contributed by atoms with Crippen LogP contribution < -0.4 is 0 Å². The van der Waals surface area contributed by atoms with Gasteiger partial charge in [0.05, 0.1) is 39.3 Å². The average Bonchev–Trinajstić information content (AvgIpc) is 2.33. The number of carbonyl (C=O) groups is 6. The van der Waals surface area contributed by atoms with Crippen LogP contribution in [0.3, 0.4) is 0 Å². The summed E-state index contributed by atoms with van der Waals surface area (Å²) >= 11 is 0. The molecule has 0 spiro atoms. The van der Waals surface area contributed by atoms with Crippen molar-refractivity contribution in [2.24, 2.45) is 0 Å². The van der Waals surface area contributed by atoms with Crippen LogP contribution in [0.2, 0.25) is 0 Å². The monoisotopic (exact) mass is 508 g/mol. The number of carboxylic acid groups (broad SMARTS) is 6. The molecule has 0 aliphatic carbocycles. The second-order valence-electron chi connectivity index (χ2n) is 4.65. The van der Waals surface area contributed by atoms with Crippen LogP contribution in [-0.4, -0.2) is 126 Å². The first-order valence-electron chi connectivity index (χ1n) is 6.59. The Hall–Kier alpha value is -2.46. The second kappa shape index (κ2) is 20.3. The van der Waals surface area contributed by atoms with Crippen molar-refractivity contribution in [1.82, 2.24) is 9.80 Å². The summed E-state index contributed by atoms with van der Waals surface area (Å²) in [7, 11) is 0. The summed E-state index contributed by atoms with van der Waals surface area (Å²) in [5.74, 6) is -7.57. The van der Waals surface area contributed by atoms with E-state index >= 15 is 0 Å². The first-order chi connectivity index (χ1) is 11.8. The summed E-state index contributed by atoms with van der Waals surface area (Å²) in [6, 6.07) is 0. The molecule has 0 aromatic carbocycles. The Morgan fingerprint density at radius 3 is 0.586 bits per heavy atom. The van der Waals surface area contributed by atoms with Gasteiger partial charge in [-0.2, -0.15) is 0 Å². The Kier molecular flexibility index (Phi) is 26.1. The molecule has 0 saturated heterocycles. The van der Waals surface area contributed by atoms with Gasteiger partial charge in [0.15, 0.2) is 0 Å². The van der Waals surface area contributed by atoms with E-state index in [1.807, 2.05) is 0 Å². The van der Waals surface area contributed by atoms with E-state index < -0.39 is 75.1 Å². The van der Waals surface area contributed by atoms with Gasteiger partial charge >= 0.3 is 35.8 Å². The summed E-state index contributed by atoms with van der Waals surface area (Å²) < 4.78 is 0. The third-order valence-electron chi connectivity index (χ3n) is 2.15. The van der Waals surface area contributed by atoms with Crippen molar-refractivity contribution in [1.29, 1.82) is 0 Å². The van der Waals surface area contributed by atoms with Gasteiger partial charge in [0.1, 0.15) is 0 Å². The first-order valence-corrected chi connectivity index (χ1v) is 6.59. The molecule has 0 saturated carbocycles. The van der Waals surface area contributed by atoms with E-state index in [1.165, 1.54) is 0 Å². The van der Waals surface area contributed by atoms with Crippen LogP contribution in [0.15, 0.2) is 0 Å². The van der Waals surface area contributed by atoms with Gasteiger partial charge in [-0.15, -0.1) is 0 Å². The molecule has 0 fully saturated rings. The van der Waals surface area contributed by atoms with E-state index in [9.17, 15) is 28.8 Å². The largest absolute Gasteiger partial charge is 0.480 e. The van der Waals surface area contributed by atoms with Crippen molar-refractivity contribution in [2.45, 2.75) is 0 Å². The number of hydrogen-bond donors (Lipinski definition) is 6. The molecule has 0 bridgehead atoms. The van der Waals surface area contributed by atoms with E-state index in [4.69, 9.17) is 30.6 Å². The Balaban J connectivity index is -0.000000120. The quantitative estimate of drug-likeness (QED) is 0.144. The molecule has 0 amide bonds. The van der Waals surface area contributed by atoms with E-state index in [1.54, 1.807) is 0 Å². The maximum Gasteiger partial charge on any atom is 0.317 e. The predicted octanol–water partition coefficient (Wildman–Crippen LogP) is -4.57. The maximum atomic E-state index is 10.1. The average molecular weight is 510 g/mol. The minimum atomic E-state index is -1.26. The minimum absolute atomic E-state index is 0. The van der Waals surface area contributed by atoms with Gasteiger partial charge in [0, 0.05) is 26.2 Å². The Bertz CT molecular complexity index is 431. The molecule has 0 aliphatic heterocycles. The summed E-state index contributed by atoms with van der Waals surface area (Å²) in [6.45, 7) is -3.59. The molecule has 0 aliphatic rings. The van der Waals surface area contributed by atoms with E-state index in [0.717, 1.165) is 9.80 Å². The molecule has 0 unspecified atom stereocenters. The van der Waals surface area contributed by atoms with Gasteiger partial charge in [0.25, 0.3) is 0 Å². The van der Waals surface area contributed by atoms with Crippen molar-refractivity contribution in [3.63, 3.8) is 0 Å². The molecule has 17 heteroatoms. The van der Waals surface area contributed by atoms with Crippen LogP contribution in [0.25, 0.3) is 0 Å². The Morgan fingerprint density at radius 2 is 0.517 bits per heavy atom. The number of carboxylic acids is 6. The zero-order valence-electron chi connectivity index (χ0n) is 14.8. The van der Waals surface area contributed by atoms with E-state index in [0.29, 0.717) is 0 Å². The number of rotatable bonds is 12. The maximum absolute atomic E-state index is 10.1. The molecule has 0 heterocycles. The first kappa shape index (κ1) is 37.3. The van der Waals surface area contributed by atoms with Gasteiger partial charge in [-0.3, -0.25) is 38.6 Å². The van der Waals surface area contributed by atoms with Crippen LogP contribution in [-0.2, 0) is 55.0 Å². The van der Waals surface area contributed by atoms with Gasteiger partial charge in [-0.1, -0.05) is 0 Å². The Labute approximate surface area is 181 Å². The van der Waals surface area contributed by atoms with Gasteiger partial charge in [0.2, 0.25) is 0 Å². The molecule has 10 N–H and O–H groups in total. The fourth-order valence-corrected chi connectivity index (χ4v) is 1.48. The van der Waals surface area contributed by atoms with Gasteiger partial charge in [-0.05, 0) is 0 Å². The van der Waals surface area contributed by atoms with Gasteiger partial charge in [-0.25, -0.2) is 0 Å². The summed E-state index contributed by atoms with van der Waals surface area (Å²) in [4.78, 5) is 62.5. The topological polar surface area (TPSA) is 293 Å². The number of nitrogens with zero attached hydrogens (tertiary/aromatic N) is 2. The second-order valence-corrected chi connectivity index (χ2v) is 4.65. The smallest absolute Gasteiger partial charge is 0.317 e. The molecule has 0 radical (unpaired) electrons. The third-order valence-corrected chi connectivity index (χ3v) is 2.15. The van der Waals surface area contributed by atoms with Crippen LogP contribution >= 0.6 is 0 Å². The standard InChI is InChI=1S/2C6H9NO6.2H2O.Zr/c2*8-4(9)1-7(2-5(10)11)3-6(12)13;;;/h2*1-3H2,(H,8,9)(H,10,11)(H,12,13);2*1H2;. The van der Waals surface area contributed by atoms with Crippen molar-refractivity contribution in [3.05, 3.63) is 0 Å². The summed E-state index contributed by atoms with van der Waals surface area (Å²) in [5, 5.41) is 49.7. The Morgan fingerprint density at radius 1 is 0.414 bits per heavy atom. The normalized spacial score (nSPS) is 8.90. The fourth-order valence-electron chi connectivity index (χ4n) is 1.48. The summed E-state index contributed by atoms with van der Waals surface area (Å²) in [5.41, 5.74) is 0. The van der Waals surface area contributed by atoms with Crippen LogP contribution in [0, 0.1) is 0 Å². The molecule has 0 rings (SSSR count). The molecule has 0 aromatic rings. The minimum Gasteiger partial charge on any atom is -0.480 e. The van der Waals surface area contributed by atoms with E-state index in [-0.39, 0.29) is 37.2 Å². The van der Waals surface area contributed by atoms with Crippen LogP contribution in [0.5, 0.6) is 0 Å². The van der Waals surface area contributed by atoms with Crippen LogP contribution in [0.4, 0.5) is 0 Å². The number of hydrogen-bond acceptors (Lipinski definition) is 8. The molecular weight excluding hydrogens is 487 g/mol. The van der Waals surface area contributed by atoms with Crippen LogP contribution in [0.1, 0.15) is 0 Å². The van der Waals surface area contributed by atoms with Crippen molar-refractivity contribution < 1.29 is 96.6 Å². The molecular formula is C12H22N2O14Zr. The molecule has 16 nitrogen and oxygen atoms in total. The van der Waals surface area contributed by atoms with Gasteiger partial charge < -0.3 is 41.6 Å². The SMILES string of the molecule is O.O.O=C(O)CN(CC(=O)O)CC(=O)O.O=C(O)CN(CC(=O)O)CC(=O)O.[Zr]. The van der Waals surface area contributed by atoms with E-state index in [2.05, 4.69) is 0 Å². The fraction of sp³-hybridized carbons (Fsp3) is 0.500. The zero-order valence-corrected chi connectivity index (χ0v) is 17.2. The zero-order chi connectivity index (χ0) is 20.9. The molecule has 0 aromatic heterocycles. The molecule has 168 valence electrons. The van der Waals surface area contributed by atoms with Crippen molar-refractivity contribution in [2.75, 3.05) is 39.3 Å². The predicted molar refractivity (Wildman–Crippen MR) is 85.9 cm³/mol.